The van der Waals surface area contributed by atoms with E-state index in [1.54, 1.807) is 0 Å². The number of aromatic nitrogens is 2. The summed E-state index contributed by atoms with van der Waals surface area (Å²) in [5.74, 6) is 3.81. The topological polar surface area (TPSA) is 29.0 Å². The van der Waals surface area contributed by atoms with Crippen molar-refractivity contribution in [3.8, 4) is 0 Å². The molecule has 20 heavy (non-hydrogen) atoms. The quantitative estimate of drug-likeness (QED) is 0.772. The lowest BCUT2D eigenvalue weighted by Gasteiger charge is -2.35. The van der Waals surface area contributed by atoms with Crippen molar-refractivity contribution < 1.29 is 0 Å². The first-order chi connectivity index (χ1) is 9.40. The first kappa shape index (κ1) is 15.6. The largest absolute Gasteiger partial charge is 0.356 e. The molecule has 112 valence electrons. The van der Waals surface area contributed by atoms with Crippen molar-refractivity contribution in [1.82, 2.24) is 9.97 Å². The van der Waals surface area contributed by atoms with E-state index in [1.165, 1.54) is 12.8 Å². The first-order valence-corrected chi connectivity index (χ1v) is 8.07. The van der Waals surface area contributed by atoms with E-state index in [-0.39, 0.29) is 0 Å². The van der Waals surface area contributed by atoms with Gasteiger partial charge in [-0.05, 0) is 31.6 Å². The number of piperidine rings is 1. The van der Waals surface area contributed by atoms with Crippen LogP contribution in [-0.4, -0.2) is 23.1 Å². The van der Waals surface area contributed by atoms with E-state index in [0.717, 1.165) is 42.1 Å². The van der Waals surface area contributed by atoms with Gasteiger partial charge in [-0.2, -0.15) is 0 Å². The molecule has 3 nitrogen and oxygen atoms in total. The number of nitrogens with zero attached hydrogens (tertiary/aromatic N) is 3. The van der Waals surface area contributed by atoms with Crippen LogP contribution < -0.4 is 4.90 Å². The second-order valence-electron chi connectivity index (χ2n) is 6.54. The number of rotatable bonds is 3. The molecular weight excluding hydrogens is 270 g/mol. The summed E-state index contributed by atoms with van der Waals surface area (Å²) in [5, 5.41) is 0.602. The van der Waals surface area contributed by atoms with Gasteiger partial charge in [0.25, 0.3) is 0 Å². The van der Waals surface area contributed by atoms with E-state index >= 15 is 0 Å². The molecule has 0 aromatic carbocycles. The third kappa shape index (κ3) is 3.25. The smallest absolute Gasteiger partial charge is 0.137 e. The van der Waals surface area contributed by atoms with Crippen molar-refractivity contribution in [2.24, 2.45) is 11.8 Å². The normalized spacial score (nSPS) is 17.3. The van der Waals surface area contributed by atoms with Crippen LogP contribution in [0.4, 0.5) is 5.82 Å². The van der Waals surface area contributed by atoms with Crippen molar-refractivity contribution >= 4 is 17.4 Å². The van der Waals surface area contributed by atoms with Gasteiger partial charge in [-0.3, -0.25) is 0 Å². The second-order valence-corrected chi connectivity index (χ2v) is 6.90. The minimum atomic E-state index is 0.306. The van der Waals surface area contributed by atoms with Crippen LogP contribution in [0, 0.1) is 18.8 Å². The van der Waals surface area contributed by atoms with Crippen molar-refractivity contribution in [2.75, 3.05) is 18.0 Å². The van der Waals surface area contributed by atoms with Gasteiger partial charge in [0.2, 0.25) is 0 Å². The van der Waals surface area contributed by atoms with E-state index in [0.29, 0.717) is 11.1 Å². The van der Waals surface area contributed by atoms with Gasteiger partial charge < -0.3 is 4.90 Å². The summed E-state index contributed by atoms with van der Waals surface area (Å²) in [6.45, 7) is 13.0. The van der Waals surface area contributed by atoms with Gasteiger partial charge in [0.15, 0.2) is 0 Å². The van der Waals surface area contributed by atoms with Crippen LogP contribution in [0.25, 0.3) is 0 Å². The summed E-state index contributed by atoms with van der Waals surface area (Å²) in [7, 11) is 0. The highest BCUT2D eigenvalue weighted by Crippen LogP contribution is 2.31. The number of hydrogen-bond donors (Lipinski definition) is 0. The van der Waals surface area contributed by atoms with E-state index in [1.807, 2.05) is 6.92 Å². The molecule has 0 radical (unpaired) electrons. The SMILES string of the molecule is Cc1c(Cl)nc(C(C)C)nc1N1CCC(C(C)C)CC1. The molecule has 0 saturated carbocycles. The molecule has 1 aromatic heterocycles. The highest BCUT2D eigenvalue weighted by Gasteiger charge is 2.24. The standard InChI is InChI=1S/C16H26ClN3/c1-10(2)13-6-8-20(9-7-13)16-12(5)14(17)18-15(19-16)11(3)4/h10-11,13H,6-9H2,1-5H3. The summed E-state index contributed by atoms with van der Waals surface area (Å²) >= 11 is 6.28. The Labute approximate surface area is 127 Å². The lowest BCUT2D eigenvalue weighted by molar-refractivity contribution is 0.310. The maximum Gasteiger partial charge on any atom is 0.137 e. The molecule has 4 heteroatoms. The van der Waals surface area contributed by atoms with Crippen molar-refractivity contribution in [3.05, 3.63) is 16.5 Å². The van der Waals surface area contributed by atoms with E-state index in [4.69, 9.17) is 16.6 Å². The average molecular weight is 296 g/mol. The zero-order valence-electron chi connectivity index (χ0n) is 13.3. The Bertz CT molecular complexity index is 463. The van der Waals surface area contributed by atoms with Crippen LogP contribution in [0.1, 0.15) is 57.8 Å². The Morgan fingerprint density at radius 3 is 2.20 bits per heavy atom. The van der Waals surface area contributed by atoms with Gasteiger partial charge >= 0.3 is 0 Å². The maximum atomic E-state index is 6.28. The number of anilines is 1. The fourth-order valence-electron chi connectivity index (χ4n) is 2.84. The molecule has 0 atom stereocenters. The molecule has 0 aliphatic carbocycles. The van der Waals surface area contributed by atoms with Gasteiger partial charge in [-0.1, -0.05) is 39.3 Å². The Morgan fingerprint density at radius 2 is 1.70 bits per heavy atom. The first-order valence-electron chi connectivity index (χ1n) is 7.69. The van der Waals surface area contributed by atoms with Crippen molar-refractivity contribution in [3.63, 3.8) is 0 Å². The molecule has 0 N–H and O–H groups in total. The minimum Gasteiger partial charge on any atom is -0.356 e. The predicted molar refractivity (Wildman–Crippen MR) is 85.6 cm³/mol. The minimum absolute atomic E-state index is 0.306. The van der Waals surface area contributed by atoms with Crippen LogP contribution in [-0.2, 0) is 0 Å². The molecule has 0 bridgehead atoms. The van der Waals surface area contributed by atoms with Crippen LogP contribution >= 0.6 is 11.6 Å². The molecule has 0 spiro atoms. The fraction of sp³-hybridized carbons (Fsp3) is 0.750. The van der Waals surface area contributed by atoms with Gasteiger partial charge in [0.05, 0.1) is 0 Å². The Kier molecular flexibility index (Phi) is 4.90. The van der Waals surface area contributed by atoms with Gasteiger partial charge in [-0.15, -0.1) is 0 Å². The summed E-state index contributed by atoms with van der Waals surface area (Å²) in [4.78, 5) is 11.5. The highest BCUT2D eigenvalue weighted by molar-refractivity contribution is 6.30. The van der Waals surface area contributed by atoms with Crippen LogP contribution in [0.5, 0.6) is 0 Å². The van der Waals surface area contributed by atoms with Gasteiger partial charge in [-0.25, -0.2) is 9.97 Å². The lowest BCUT2D eigenvalue weighted by Crippen LogP contribution is -2.36. The van der Waals surface area contributed by atoms with Crippen molar-refractivity contribution in [2.45, 2.75) is 53.4 Å². The lowest BCUT2D eigenvalue weighted by atomic mass is 9.86. The third-order valence-corrected chi connectivity index (χ3v) is 4.74. The Morgan fingerprint density at radius 1 is 1.10 bits per heavy atom. The number of halogens is 1. The zero-order chi connectivity index (χ0) is 14.9. The molecule has 1 aliphatic heterocycles. The molecule has 1 fully saturated rings. The molecule has 1 aromatic rings. The van der Waals surface area contributed by atoms with Gasteiger partial charge in [0.1, 0.15) is 16.8 Å². The second kappa shape index (κ2) is 6.30. The van der Waals surface area contributed by atoms with Crippen LogP contribution in [0.2, 0.25) is 5.15 Å². The predicted octanol–water partition coefficient (Wildman–Crippen LogP) is 4.43. The van der Waals surface area contributed by atoms with E-state index < -0.39 is 0 Å². The zero-order valence-corrected chi connectivity index (χ0v) is 14.0. The van der Waals surface area contributed by atoms with E-state index in [9.17, 15) is 0 Å². The van der Waals surface area contributed by atoms with Crippen molar-refractivity contribution in [1.29, 1.82) is 0 Å². The summed E-state index contributed by atoms with van der Waals surface area (Å²) in [6.07, 6.45) is 2.49. The summed E-state index contributed by atoms with van der Waals surface area (Å²) in [5.41, 5.74) is 1.01. The maximum absolute atomic E-state index is 6.28. The van der Waals surface area contributed by atoms with Crippen LogP contribution in [0.15, 0.2) is 0 Å². The summed E-state index contributed by atoms with van der Waals surface area (Å²) < 4.78 is 0. The number of hydrogen-bond acceptors (Lipinski definition) is 3. The molecule has 1 aliphatic rings. The van der Waals surface area contributed by atoms with Crippen LogP contribution in [0.3, 0.4) is 0 Å². The average Bonchev–Trinajstić information content (AvgIpc) is 2.41. The molecule has 2 rings (SSSR count). The molecule has 1 saturated heterocycles. The Hall–Kier alpha value is -0.830. The molecule has 0 unspecified atom stereocenters. The molecule has 2 heterocycles. The summed E-state index contributed by atoms with van der Waals surface area (Å²) in [6, 6.07) is 0. The molecular formula is C16H26ClN3. The van der Waals surface area contributed by atoms with E-state index in [2.05, 4.69) is 37.6 Å². The Balaban J connectivity index is 2.21. The third-order valence-electron chi connectivity index (χ3n) is 4.38. The fourth-order valence-corrected chi connectivity index (χ4v) is 3.01. The highest BCUT2D eigenvalue weighted by atomic mass is 35.5. The monoisotopic (exact) mass is 295 g/mol. The van der Waals surface area contributed by atoms with Gasteiger partial charge in [0, 0.05) is 24.6 Å². The molecule has 0 amide bonds.